The van der Waals surface area contributed by atoms with Gasteiger partial charge in [0, 0.05) is 16.9 Å². The first kappa shape index (κ1) is 12.2. The van der Waals surface area contributed by atoms with Gasteiger partial charge in [0.25, 0.3) is 0 Å². The fourth-order valence-corrected chi connectivity index (χ4v) is 2.05. The molecule has 1 aromatic heterocycles. The third-order valence-electron chi connectivity index (χ3n) is 3.08. The normalized spacial score (nSPS) is 10.4. The monoisotopic (exact) mass is 266 g/mol. The van der Waals surface area contributed by atoms with Crippen molar-refractivity contribution < 1.29 is 4.74 Å². The molecule has 0 aliphatic heterocycles. The SMILES string of the molecule is COc1ccc(N)c(-c2nncn2-c2ccccc2)c1. The Morgan fingerprint density at radius 1 is 1.10 bits per heavy atom. The van der Waals surface area contributed by atoms with Crippen LogP contribution in [0.15, 0.2) is 54.9 Å². The number of hydrogen-bond donors (Lipinski definition) is 1. The van der Waals surface area contributed by atoms with Crippen molar-refractivity contribution in [3.8, 4) is 22.8 Å². The predicted molar refractivity (Wildman–Crippen MR) is 77.8 cm³/mol. The van der Waals surface area contributed by atoms with Crippen LogP contribution < -0.4 is 10.5 Å². The lowest BCUT2D eigenvalue weighted by Crippen LogP contribution is -1.99. The minimum atomic E-state index is 0.635. The standard InChI is InChI=1S/C15H14N4O/c1-20-12-7-8-14(16)13(9-12)15-18-17-10-19(15)11-5-3-2-4-6-11/h2-10H,16H2,1H3. The molecule has 20 heavy (non-hydrogen) atoms. The minimum absolute atomic E-state index is 0.635. The number of nitrogens with two attached hydrogens (primary N) is 1. The van der Waals surface area contributed by atoms with Gasteiger partial charge in [-0.1, -0.05) is 18.2 Å². The molecule has 3 rings (SSSR count). The highest BCUT2D eigenvalue weighted by molar-refractivity contribution is 5.74. The summed E-state index contributed by atoms with van der Waals surface area (Å²) in [6.45, 7) is 0. The average Bonchev–Trinajstić information content (AvgIpc) is 2.98. The summed E-state index contributed by atoms with van der Waals surface area (Å²) in [6, 6.07) is 15.4. The summed E-state index contributed by atoms with van der Waals surface area (Å²) in [5, 5.41) is 8.16. The summed E-state index contributed by atoms with van der Waals surface area (Å²) in [5.41, 5.74) is 8.46. The van der Waals surface area contributed by atoms with Crippen LogP contribution in [-0.4, -0.2) is 21.9 Å². The third kappa shape index (κ3) is 2.09. The van der Waals surface area contributed by atoms with Crippen molar-refractivity contribution >= 4 is 5.69 Å². The van der Waals surface area contributed by atoms with E-state index in [1.54, 1.807) is 19.5 Å². The highest BCUT2D eigenvalue weighted by atomic mass is 16.5. The number of nitrogens with zero attached hydrogens (tertiary/aromatic N) is 3. The van der Waals surface area contributed by atoms with Crippen molar-refractivity contribution in [1.29, 1.82) is 0 Å². The van der Waals surface area contributed by atoms with Crippen LogP contribution in [0.1, 0.15) is 0 Å². The molecule has 0 fully saturated rings. The molecule has 2 N–H and O–H groups in total. The van der Waals surface area contributed by atoms with E-state index in [2.05, 4.69) is 10.2 Å². The number of methoxy groups -OCH3 is 1. The molecule has 0 spiro atoms. The molecular formula is C15H14N4O. The summed E-state index contributed by atoms with van der Waals surface area (Å²) >= 11 is 0. The molecule has 5 heteroatoms. The van der Waals surface area contributed by atoms with Gasteiger partial charge in [-0.25, -0.2) is 0 Å². The molecule has 0 aliphatic carbocycles. The first-order chi connectivity index (χ1) is 9.79. The molecule has 5 nitrogen and oxygen atoms in total. The van der Waals surface area contributed by atoms with Gasteiger partial charge < -0.3 is 10.5 Å². The van der Waals surface area contributed by atoms with Crippen LogP contribution in [0.2, 0.25) is 0 Å². The van der Waals surface area contributed by atoms with Crippen LogP contribution in [0.5, 0.6) is 5.75 Å². The van der Waals surface area contributed by atoms with Crippen molar-refractivity contribution in [3.05, 3.63) is 54.9 Å². The van der Waals surface area contributed by atoms with Gasteiger partial charge in [-0.3, -0.25) is 4.57 Å². The molecular weight excluding hydrogens is 252 g/mol. The van der Waals surface area contributed by atoms with Gasteiger partial charge in [-0.2, -0.15) is 0 Å². The second-order valence-electron chi connectivity index (χ2n) is 4.31. The van der Waals surface area contributed by atoms with E-state index in [0.717, 1.165) is 17.0 Å². The van der Waals surface area contributed by atoms with E-state index in [1.807, 2.05) is 47.0 Å². The van der Waals surface area contributed by atoms with Crippen LogP contribution in [0.4, 0.5) is 5.69 Å². The van der Waals surface area contributed by atoms with E-state index >= 15 is 0 Å². The molecule has 2 aromatic carbocycles. The molecule has 3 aromatic rings. The Labute approximate surface area is 116 Å². The Morgan fingerprint density at radius 2 is 1.90 bits per heavy atom. The van der Waals surface area contributed by atoms with Crippen molar-refractivity contribution in [3.63, 3.8) is 0 Å². The van der Waals surface area contributed by atoms with Crippen molar-refractivity contribution in [1.82, 2.24) is 14.8 Å². The average molecular weight is 266 g/mol. The van der Waals surface area contributed by atoms with Gasteiger partial charge in [0.15, 0.2) is 5.82 Å². The van der Waals surface area contributed by atoms with Gasteiger partial charge in [-0.15, -0.1) is 10.2 Å². The van der Waals surface area contributed by atoms with Crippen molar-refractivity contribution in [2.24, 2.45) is 0 Å². The number of ether oxygens (including phenoxy) is 1. The molecule has 100 valence electrons. The highest BCUT2D eigenvalue weighted by Gasteiger charge is 2.12. The topological polar surface area (TPSA) is 66.0 Å². The predicted octanol–water partition coefficient (Wildman–Crippen LogP) is 2.53. The molecule has 0 saturated heterocycles. The number of hydrogen-bond acceptors (Lipinski definition) is 4. The fourth-order valence-electron chi connectivity index (χ4n) is 2.05. The number of nitrogen functional groups attached to an aromatic ring is 1. The largest absolute Gasteiger partial charge is 0.497 e. The Morgan fingerprint density at radius 3 is 2.65 bits per heavy atom. The molecule has 0 unspecified atom stereocenters. The first-order valence-corrected chi connectivity index (χ1v) is 6.19. The summed E-state index contributed by atoms with van der Waals surface area (Å²) in [5.74, 6) is 1.42. The van der Waals surface area contributed by atoms with Crippen LogP contribution >= 0.6 is 0 Å². The number of aromatic nitrogens is 3. The van der Waals surface area contributed by atoms with E-state index in [-0.39, 0.29) is 0 Å². The fraction of sp³-hybridized carbons (Fsp3) is 0.0667. The van der Waals surface area contributed by atoms with E-state index < -0.39 is 0 Å². The maximum absolute atomic E-state index is 6.05. The summed E-state index contributed by atoms with van der Waals surface area (Å²) in [6.07, 6.45) is 1.67. The maximum Gasteiger partial charge on any atom is 0.170 e. The van der Waals surface area contributed by atoms with Gasteiger partial charge in [0.2, 0.25) is 0 Å². The Bertz CT molecular complexity index is 722. The lowest BCUT2D eigenvalue weighted by molar-refractivity contribution is 0.415. The van der Waals surface area contributed by atoms with E-state index in [9.17, 15) is 0 Å². The van der Waals surface area contributed by atoms with E-state index in [4.69, 9.17) is 10.5 Å². The Kier molecular flexibility index (Phi) is 3.09. The molecule has 0 aliphatic rings. The highest BCUT2D eigenvalue weighted by Crippen LogP contribution is 2.29. The number of para-hydroxylation sites is 1. The molecule has 1 heterocycles. The Balaban J connectivity index is 2.15. The third-order valence-corrected chi connectivity index (χ3v) is 3.08. The zero-order valence-electron chi connectivity index (χ0n) is 11.0. The molecule has 0 bridgehead atoms. The lowest BCUT2D eigenvalue weighted by atomic mass is 10.1. The molecule has 0 atom stereocenters. The van der Waals surface area contributed by atoms with Crippen molar-refractivity contribution in [2.75, 3.05) is 12.8 Å². The van der Waals surface area contributed by atoms with Gasteiger partial charge in [0.1, 0.15) is 12.1 Å². The van der Waals surface area contributed by atoms with E-state index in [0.29, 0.717) is 11.5 Å². The summed E-state index contributed by atoms with van der Waals surface area (Å²) in [4.78, 5) is 0. The second kappa shape index (κ2) is 5.05. The zero-order chi connectivity index (χ0) is 13.9. The minimum Gasteiger partial charge on any atom is -0.497 e. The number of benzene rings is 2. The second-order valence-corrected chi connectivity index (χ2v) is 4.31. The van der Waals surface area contributed by atoms with Gasteiger partial charge in [-0.05, 0) is 30.3 Å². The van der Waals surface area contributed by atoms with E-state index in [1.165, 1.54) is 0 Å². The van der Waals surface area contributed by atoms with Crippen LogP contribution in [0.3, 0.4) is 0 Å². The molecule has 0 saturated carbocycles. The Hall–Kier alpha value is -2.82. The maximum atomic E-state index is 6.05. The number of rotatable bonds is 3. The zero-order valence-corrected chi connectivity index (χ0v) is 11.0. The lowest BCUT2D eigenvalue weighted by Gasteiger charge is -2.10. The van der Waals surface area contributed by atoms with Crippen LogP contribution in [0.25, 0.3) is 17.1 Å². The smallest absolute Gasteiger partial charge is 0.170 e. The van der Waals surface area contributed by atoms with Crippen LogP contribution in [-0.2, 0) is 0 Å². The summed E-state index contributed by atoms with van der Waals surface area (Å²) < 4.78 is 7.13. The van der Waals surface area contributed by atoms with Crippen LogP contribution in [0, 0.1) is 0 Å². The number of anilines is 1. The van der Waals surface area contributed by atoms with Gasteiger partial charge in [0.05, 0.1) is 7.11 Å². The molecule has 0 amide bonds. The van der Waals surface area contributed by atoms with Crippen molar-refractivity contribution in [2.45, 2.75) is 0 Å². The summed E-state index contributed by atoms with van der Waals surface area (Å²) in [7, 11) is 1.62. The first-order valence-electron chi connectivity index (χ1n) is 6.19. The molecule has 0 radical (unpaired) electrons. The van der Waals surface area contributed by atoms with Gasteiger partial charge >= 0.3 is 0 Å². The quantitative estimate of drug-likeness (QED) is 0.740.